The zero-order valence-corrected chi connectivity index (χ0v) is 15.8. The van der Waals surface area contributed by atoms with Gasteiger partial charge in [-0.1, -0.05) is 23.9 Å². The van der Waals surface area contributed by atoms with Crippen molar-refractivity contribution in [1.29, 1.82) is 0 Å². The molecule has 1 aliphatic rings. The monoisotopic (exact) mass is 395 g/mol. The van der Waals surface area contributed by atoms with Gasteiger partial charge in [-0.3, -0.25) is 14.6 Å². The van der Waals surface area contributed by atoms with Crippen molar-refractivity contribution in [2.24, 2.45) is 0 Å². The second-order valence-corrected chi connectivity index (χ2v) is 7.21. The number of nitrogens with one attached hydrogen (secondary N) is 1. The molecule has 1 aromatic carbocycles. The molecule has 0 saturated heterocycles. The topological polar surface area (TPSA) is 101 Å². The van der Waals surface area contributed by atoms with Crippen LogP contribution in [0.1, 0.15) is 13.3 Å². The summed E-state index contributed by atoms with van der Waals surface area (Å²) >= 11 is 1.16. The highest BCUT2D eigenvalue weighted by molar-refractivity contribution is 7.99. The molecule has 1 aliphatic heterocycles. The minimum atomic E-state index is -0.259. The van der Waals surface area contributed by atoms with Crippen LogP contribution in [-0.4, -0.2) is 38.8 Å². The molecule has 9 heteroatoms. The van der Waals surface area contributed by atoms with Crippen molar-refractivity contribution in [2.75, 3.05) is 16.0 Å². The Hall–Kier alpha value is -3.20. The minimum absolute atomic E-state index is 0.110. The number of carbonyl (C=O) groups is 2. The minimum Gasteiger partial charge on any atom is -0.411 e. The highest BCUT2D eigenvalue weighted by atomic mass is 32.2. The molecule has 0 spiro atoms. The summed E-state index contributed by atoms with van der Waals surface area (Å²) in [5.74, 6) is 0.219. The van der Waals surface area contributed by atoms with Crippen LogP contribution in [0.5, 0.6) is 0 Å². The number of pyridine rings is 1. The van der Waals surface area contributed by atoms with Crippen LogP contribution in [0.15, 0.2) is 58.4 Å². The van der Waals surface area contributed by atoms with Gasteiger partial charge < -0.3 is 14.6 Å². The number of hydrogen-bond acceptors (Lipinski definition) is 7. The first kappa shape index (κ1) is 18.2. The molecule has 4 rings (SSSR count). The van der Waals surface area contributed by atoms with E-state index in [1.165, 1.54) is 0 Å². The summed E-state index contributed by atoms with van der Waals surface area (Å²) in [4.78, 5) is 30.7. The molecule has 0 aliphatic carbocycles. The summed E-state index contributed by atoms with van der Waals surface area (Å²) in [6, 6.07) is 10.6. The van der Waals surface area contributed by atoms with E-state index < -0.39 is 0 Å². The van der Waals surface area contributed by atoms with Gasteiger partial charge in [0.05, 0.1) is 22.7 Å². The molecule has 1 N–H and O–H groups in total. The summed E-state index contributed by atoms with van der Waals surface area (Å²) < 4.78 is 5.61. The first-order valence-electron chi connectivity index (χ1n) is 8.69. The average molecular weight is 395 g/mol. The summed E-state index contributed by atoms with van der Waals surface area (Å²) in [5.41, 5.74) is 2.03. The van der Waals surface area contributed by atoms with Crippen LogP contribution in [0.4, 0.5) is 11.4 Å². The first-order valence-corrected chi connectivity index (χ1v) is 9.68. The Bertz CT molecular complexity index is 1010. The van der Waals surface area contributed by atoms with Crippen LogP contribution in [0.3, 0.4) is 0 Å². The lowest BCUT2D eigenvalue weighted by Crippen LogP contribution is -2.40. The van der Waals surface area contributed by atoms with Crippen molar-refractivity contribution >= 4 is 35.0 Å². The van der Waals surface area contributed by atoms with E-state index in [2.05, 4.69) is 20.5 Å². The third kappa shape index (κ3) is 3.74. The quantitative estimate of drug-likeness (QED) is 0.678. The molecule has 3 heterocycles. The lowest BCUT2D eigenvalue weighted by molar-refractivity contribution is -0.117. The third-order valence-corrected chi connectivity index (χ3v) is 5.07. The van der Waals surface area contributed by atoms with Gasteiger partial charge in [0.1, 0.15) is 0 Å². The maximum atomic E-state index is 12.9. The number of amides is 2. The van der Waals surface area contributed by atoms with E-state index in [1.54, 1.807) is 29.4 Å². The van der Waals surface area contributed by atoms with Crippen LogP contribution in [-0.2, 0) is 9.59 Å². The number of fused-ring (bicyclic) bond motifs is 1. The Labute approximate surface area is 165 Å². The van der Waals surface area contributed by atoms with Crippen molar-refractivity contribution in [3.63, 3.8) is 0 Å². The van der Waals surface area contributed by atoms with Gasteiger partial charge in [-0.2, -0.15) is 0 Å². The molecule has 142 valence electrons. The summed E-state index contributed by atoms with van der Waals surface area (Å²) in [6.45, 7) is 1.86. The molecule has 1 atom stereocenters. The van der Waals surface area contributed by atoms with Gasteiger partial charge in [0.25, 0.3) is 5.22 Å². The number of benzene rings is 1. The van der Waals surface area contributed by atoms with Gasteiger partial charge in [-0.05, 0) is 31.2 Å². The van der Waals surface area contributed by atoms with Crippen molar-refractivity contribution in [3.05, 3.63) is 48.8 Å². The predicted molar refractivity (Wildman–Crippen MR) is 105 cm³/mol. The number of rotatable bonds is 4. The van der Waals surface area contributed by atoms with Crippen LogP contribution in [0.2, 0.25) is 0 Å². The van der Waals surface area contributed by atoms with Crippen LogP contribution in [0.25, 0.3) is 11.5 Å². The largest absolute Gasteiger partial charge is 0.411 e. The Morgan fingerprint density at radius 3 is 2.96 bits per heavy atom. The summed E-state index contributed by atoms with van der Waals surface area (Å²) in [5, 5.41) is 11.1. The lowest BCUT2D eigenvalue weighted by Gasteiger charge is -2.27. The molecule has 0 fully saturated rings. The highest BCUT2D eigenvalue weighted by Gasteiger charge is 2.29. The van der Waals surface area contributed by atoms with Crippen LogP contribution < -0.4 is 10.2 Å². The Kier molecular flexibility index (Phi) is 5.07. The third-order valence-electron chi connectivity index (χ3n) is 4.26. The molecule has 2 amide bonds. The van der Waals surface area contributed by atoms with E-state index in [1.807, 2.05) is 31.2 Å². The van der Waals surface area contributed by atoms with E-state index in [0.29, 0.717) is 28.1 Å². The van der Waals surface area contributed by atoms with E-state index in [0.717, 1.165) is 11.8 Å². The SMILES string of the molecule is CC1CC(=O)Nc2ccccc2N1C(=O)CSc1nnc(-c2cccnc2)o1. The molecule has 0 radical (unpaired) electrons. The van der Waals surface area contributed by atoms with Crippen LogP contribution >= 0.6 is 11.8 Å². The fourth-order valence-corrected chi connectivity index (χ4v) is 3.66. The van der Waals surface area contributed by atoms with Gasteiger partial charge >= 0.3 is 0 Å². The van der Waals surface area contributed by atoms with Gasteiger partial charge in [0.15, 0.2) is 0 Å². The van der Waals surface area contributed by atoms with Crippen molar-refractivity contribution in [2.45, 2.75) is 24.6 Å². The van der Waals surface area contributed by atoms with E-state index >= 15 is 0 Å². The number of carbonyl (C=O) groups excluding carboxylic acids is 2. The Morgan fingerprint density at radius 2 is 2.14 bits per heavy atom. The van der Waals surface area contributed by atoms with E-state index in [4.69, 9.17) is 4.42 Å². The number of aromatic nitrogens is 3. The first-order chi connectivity index (χ1) is 13.6. The second-order valence-electron chi connectivity index (χ2n) is 6.29. The van der Waals surface area contributed by atoms with E-state index in [-0.39, 0.29) is 30.0 Å². The maximum absolute atomic E-state index is 12.9. The summed E-state index contributed by atoms with van der Waals surface area (Å²) in [7, 11) is 0. The Morgan fingerprint density at radius 1 is 1.29 bits per heavy atom. The van der Waals surface area contributed by atoms with Crippen molar-refractivity contribution in [3.8, 4) is 11.5 Å². The number of para-hydroxylation sites is 2. The van der Waals surface area contributed by atoms with Gasteiger partial charge in [-0.25, -0.2) is 0 Å². The smallest absolute Gasteiger partial charge is 0.277 e. The molecular formula is C19H17N5O3S. The average Bonchev–Trinajstić information content (AvgIpc) is 3.12. The van der Waals surface area contributed by atoms with Gasteiger partial charge in [-0.15, -0.1) is 10.2 Å². The highest BCUT2D eigenvalue weighted by Crippen LogP contribution is 2.32. The molecule has 0 saturated carbocycles. The van der Waals surface area contributed by atoms with Gasteiger partial charge in [0, 0.05) is 24.9 Å². The zero-order chi connectivity index (χ0) is 19.5. The molecule has 3 aromatic rings. The van der Waals surface area contributed by atoms with Gasteiger partial charge in [0.2, 0.25) is 17.7 Å². The lowest BCUT2D eigenvalue weighted by atomic mass is 10.2. The fraction of sp³-hybridized carbons (Fsp3) is 0.211. The predicted octanol–water partition coefficient (Wildman–Crippen LogP) is 2.99. The van der Waals surface area contributed by atoms with E-state index in [9.17, 15) is 9.59 Å². The number of nitrogens with zero attached hydrogens (tertiary/aromatic N) is 4. The molecule has 8 nitrogen and oxygen atoms in total. The van der Waals surface area contributed by atoms with Crippen LogP contribution in [0, 0.1) is 0 Å². The molecule has 28 heavy (non-hydrogen) atoms. The number of hydrogen-bond donors (Lipinski definition) is 1. The standard InChI is InChI=1S/C19H17N5O3S/c1-12-9-16(25)21-14-6-2-3-7-15(14)24(12)17(26)11-28-19-23-22-18(27-19)13-5-4-8-20-10-13/h2-8,10,12H,9,11H2,1H3,(H,21,25). The fourth-order valence-electron chi connectivity index (χ4n) is 3.03. The second kappa shape index (κ2) is 7.81. The zero-order valence-electron chi connectivity index (χ0n) is 15.0. The maximum Gasteiger partial charge on any atom is 0.277 e. The molecule has 1 unspecified atom stereocenters. The summed E-state index contributed by atoms with van der Waals surface area (Å²) in [6.07, 6.45) is 3.53. The number of anilines is 2. The Balaban J connectivity index is 1.49. The van der Waals surface area contributed by atoms with Crippen molar-refractivity contribution < 1.29 is 14.0 Å². The normalized spacial score (nSPS) is 16.2. The molecule has 2 aromatic heterocycles. The van der Waals surface area contributed by atoms with Crippen molar-refractivity contribution in [1.82, 2.24) is 15.2 Å². The molecular weight excluding hydrogens is 378 g/mol. The number of thioether (sulfide) groups is 1. The molecule has 0 bridgehead atoms.